The van der Waals surface area contributed by atoms with Gasteiger partial charge >= 0.3 is 0 Å². The molecule has 3 nitrogen and oxygen atoms in total. The first-order valence-electron chi connectivity index (χ1n) is 9.97. The van der Waals surface area contributed by atoms with E-state index in [9.17, 15) is 5.11 Å². The molecular weight excluding hydrogens is 300 g/mol. The molecule has 0 unspecified atom stereocenters. The molecule has 3 fully saturated rings. The molecule has 4 aliphatic rings. The molecule has 0 aromatic rings. The van der Waals surface area contributed by atoms with Crippen molar-refractivity contribution >= 4 is 0 Å². The molecule has 0 amide bonds. The molecule has 136 valence electrons. The van der Waals surface area contributed by atoms with Crippen LogP contribution < -0.4 is 0 Å². The van der Waals surface area contributed by atoms with Crippen LogP contribution in [0.1, 0.15) is 65.2 Å². The number of rotatable bonds is 3. The number of aliphatic hydroxyl groups excluding tert-OH is 1. The summed E-state index contributed by atoms with van der Waals surface area (Å²) >= 11 is 0. The number of fused-ring (bicyclic) bond motifs is 5. The zero-order chi connectivity index (χ0) is 16.9. The second-order valence-corrected chi connectivity index (χ2v) is 9.34. The maximum atomic E-state index is 10.5. The molecule has 0 spiro atoms. The van der Waals surface area contributed by atoms with Gasteiger partial charge in [0.1, 0.15) is 6.79 Å². The molecule has 7 atom stereocenters. The second-order valence-electron chi connectivity index (χ2n) is 9.34. The van der Waals surface area contributed by atoms with Crippen LogP contribution >= 0.6 is 0 Å². The van der Waals surface area contributed by atoms with Gasteiger partial charge in [0.15, 0.2) is 0 Å². The Balaban J connectivity index is 1.55. The highest BCUT2D eigenvalue weighted by Gasteiger charge is 2.58. The third kappa shape index (κ3) is 2.42. The summed E-state index contributed by atoms with van der Waals surface area (Å²) < 4.78 is 11.0. The number of hydrogen-bond acceptors (Lipinski definition) is 3. The standard InChI is InChI=1S/C21H34O3/c1-20-10-8-15(24-13-23-3)12-14(20)4-5-16-17-6-7-19(22)21(17,2)11-9-18(16)20/h4,15-19,22H,5-13H2,1-3H3/t15-,16-,17-,18-,19-,20-,21-/m0/s1. The predicted octanol–water partition coefficient (Wildman–Crippen LogP) is 4.30. The van der Waals surface area contributed by atoms with Crippen LogP contribution in [0.2, 0.25) is 0 Å². The van der Waals surface area contributed by atoms with Crippen LogP contribution in [0.25, 0.3) is 0 Å². The smallest absolute Gasteiger partial charge is 0.146 e. The Hall–Kier alpha value is -0.380. The highest BCUT2D eigenvalue weighted by atomic mass is 16.7. The number of ether oxygens (including phenoxy) is 2. The average Bonchev–Trinajstić information content (AvgIpc) is 2.88. The molecule has 0 bridgehead atoms. The van der Waals surface area contributed by atoms with Gasteiger partial charge in [-0.15, -0.1) is 0 Å². The molecule has 1 N–H and O–H groups in total. The van der Waals surface area contributed by atoms with Crippen molar-refractivity contribution in [3.8, 4) is 0 Å². The molecule has 4 rings (SSSR count). The van der Waals surface area contributed by atoms with Gasteiger partial charge in [0.25, 0.3) is 0 Å². The highest BCUT2D eigenvalue weighted by molar-refractivity contribution is 5.25. The van der Waals surface area contributed by atoms with Crippen LogP contribution in [-0.2, 0) is 9.47 Å². The fourth-order valence-corrected chi connectivity index (χ4v) is 6.91. The largest absolute Gasteiger partial charge is 0.393 e. The molecule has 0 saturated heterocycles. The Morgan fingerprint density at radius 2 is 1.96 bits per heavy atom. The SMILES string of the molecule is COCO[C@H]1CC[C@@]2(C)C(=CC[C@H]3[C@@H]4CC[C@H](O)[C@@]4(C)CC[C@@H]32)C1. The highest BCUT2D eigenvalue weighted by Crippen LogP contribution is 2.64. The maximum Gasteiger partial charge on any atom is 0.146 e. The average molecular weight is 335 g/mol. The van der Waals surface area contributed by atoms with Gasteiger partial charge in [0, 0.05) is 7.11 Å². The van der Waals surface area contributed by atoms with E-state index in [2.05, 4.69) is 19.9 Å². The molecule has 24 heavy (non-hydrogen) atoms. The van der Waals surface area contributed by atoms with Crippen molar-refractivity contribution in [3.05, 3.63) is 11.6 Å². The van der Waals surface area contributed by atoms with Crippen molar-refractivity contribution in [2.45, 2.75) is 77.4 Å². The fourth-order valence-electron chi connectivity index (χ4n) is 6.91. The summed E-state index contributed by atoms with van der Waals surface area (Å²) in [7, 11) is 1.70. The molecule has 3 heteroatoms. The van der Waals surface area contributed by atoms with E-state index in [1.807, 2.05) is 0 Å². The first-order valence-corrected chi connectivity index (χ1v) is 9.97. The quantitative estimate of drug-likeness (QED) is 0.618. The lowest BCUT2D eigenvalue weighted by Gasteiger charge is -2.57. The van der Waals surface area contributed by atoms with Gasteiger partial charge in [-0.1, -0.05) is 25.5 Å². The van der Waals surface area contributed by atoms with Crippen molar-refractivity contribution in [2.75, 3.05) is 13.9 Å². The third-order valence-corrected chi connectivity index (χ3v) is 8.43. The van der Waals surface area contributed by atoms with Gasteiger partial charge in [-0.25, -0.2) is 0 Å². The van der Waals surface area contributed by atoms with Gasteiger partial charge < -0.3 is 14.6 Å². The zero-order valence-electron chi connectivity index (χ0n) is 15.6. The van der Waals surface area contributed by atoms with Crippen molar-refractivity contribution in [3.63, 3.8) is 0 Å². The van der Waals surface area contributed by atoms with E-state index >= 15 is 0 Å². The number of allylic oxidation sites excluding steroid dienone is 1. The first-order chi connectivity index (χ1) is 11.5. The summed E-state index contributed by atoms with van der Waals surface area (Å²) in [6.45, 7) is 5.30. The molecule has 0 heterocycles. The van der Waals surface area contributed by atoms with Crippen LogP contribution in [0, 0.1) is 28.6 Å². The van der Waals surface area contributed by atoms with Gasteiger partial charge in [0.05, 0.1) is 12.2 Å². The lowest BCUT2D eigenvalue weighted by Crippen LogP contribution is -2.51. The Kier molecular flexibility index (Phi) is 4.34. The Bertz CT molecular complexity index is 515. The Morgan fingerprint density at radius 1 is 1.12 bits per heavy atom. The minimum Gasteiger partial charge on any atom is -0.393 e. The van der Waals surface area contributed by atoms with Crippen molar-refractivity contribution in [1.82, 2.24) is 0 Å². The van der Waals surface area contributed by atoms with Crippen molar-refractivity contribution < 1.29 is 14.6 Å². The van der Waals surface area contributed by atoms with Crippen LogP contribution in [0.3, 0.4) is 0 Å². The summed E-state index contributed by atoms with van der Waals surface area (Å²) in [5.74, 6) is 2.32. The number of hydrogen-bond donors (Lipinski definition) is 1. The molecule has 0 aromatic heterocycles. The van der Waals surface area contributed by atoms with Gasteiger partial charge in [0.2, 0.25) is 0 Å². The van der Waals surface area contributed by atoms with Crippen molar-refractivity contribution in [1.29, 1.82) is 0 Å². The molecule has 0 aliphatic heterocycles. The van der Waals surface area contributed by atoms with Crippen LogP contribution in [0.5, 0.6) is 0 Å². The van der Waals surface area contributed by atoms with E-state index in [0.717, 1.165) is 37.0 Å². The third-order valence-electron chi connectivity index (χ3n) is 8.43. The minimum absolute atomic E-state index is 0.0696. The molecule has 0 aromatic carbocycles. The van der Waals surface area contributed by atoms with E-state index in [1.54, 1.807) is 12.7 Å². The maximum absolute atomic E-state index is 10.5. The lowest BCUT2D eigenvalue weighted by atomic mass is 9.48. The van der Waals surface area contributed by atoms with E-state index in [-0.39, 0.29) is 11.5 Å². The Morgan fingerprint density at radius 3 is 2.75 bits per heavy atom. The molecule has 4 aliphatic carbocycles. The molecule has 0 radical (unpaired) electrons. The summed E-state index contributed by atoms with van der Waals surface area (Å²) in [6, 6.07) is 0. The predicted molar refractivity (Wildman–Crippen MR) is 94.5 cm³/mol. The van der Waals surface area contributed by atoms with Gasteiger partial charge in [-0.3, -0.25) is 0 Å². The normalized spacial score (nSPS) is 50.7. The molecule has 3 saturated carbocycles. The minimum atomic E-state index is -0.0696. The van der Waals surface area contributed by atoms with Crippen LogP contribution in [-0.4, -0.2) is 31.2 Å². The van der Waals surface area contributed by atoms with Gasteiger partial charge in [-0.05, 0) is 80.0 Å². The zero-order valence-corrected chi connectivity index (χ0v) is 15.6. The lowest BCUT2D eigenvalue weighted by molar-refractivity contribution is -0.101. The topological polar surface area (TPSA) is 38.7 Å². The van der Waals surface area contributed by atoms with Crippen molar-refractivity contribution in [2.24, 2.45) is 28.6 Å². The monoisotopic (exact) mass is 334 g/mol. The summed E-state index contributed by atoms with van der Waals surface area (Å²) in [5.41, 5.74) is 2.20. The Labute approximate surface area is 146 Å². The fraction of sp³-hybridized carbons (Fsp3) is 0.905. The van der Waals surface area contributed by atoms with E-state index in [0.29, 0.717) is 18.3 Å². The van der Waals surface area contributed by atoms with E-state index < -0.39 is 0 Å². The molecular formula is C21H34O3. The van der Waals surface area contributed by atoms with Crippen LogP contribution in [0.15, 0.2) is 11.6 Å². The van der Waals surface area contributed by atoms with E-state index in [1.165, 1.54) is 32.1 Å². The summed E-state index contributed by atoms with van der Waals surface area (Å²) in [5, 5.41) is 10.5. The van der Waals surface area contributed by atoms with E-state index in [4.69, 9.17) is 9.47 Å². The van der Waals surface area contributed by atoms with Crippen LogP contribution in [0.4, 0.5) is 0 Å². The summed E-state index contributed by atoms with van der Waals surface area (Å²) in [6.07, 6.45) is 12.3. The number of aliphatic hydroxyl groups is 1. The first kappa shape index (κ1) is 17.1. The van der Waals surface area contributed by atoms with Gasteiger partial charge in [-0.2, -0.15) is 0 Å². The second kappa shape index (κ2) is 6.10. The number of methoxy groups -OCH3 is 1. The summed E-state index contributed by atoms with van der Waals surface area (Å²) in [4.78, 5) is 0.